The molecule has 0 aromatic heterocycles. The normalized spacial score (nSPS) is 13.4. The van der Waals surface area contributed by atoms with Crippen LogP contribution in [0.4, 0.5) is 0 Å². The molecule has 0 aliphatic rings. The minimum Gasteiger partial charge on any atom is -0.497 e. The molecule has 22 heavy (non-hydrogen) atoms. The zero-order chi connectivity index (χ0) is 15.8. The molecule has 116 valence electrons. The number of hydrogen-bond acceptors (Lipinski definition) is 2. The van der Waals surface area contributed by atoms with Gasteiger partial charge in [0.05, 0.1) is 7.11 Å². The second-order valence-corrected chi connectivity index (χ2v) is 5.63. The summed E-state index contributed by atoms with van der Waals surface area (Å²) in [5.74, 6) is 1.68. The van der Waals surface area contributed by atoms with Crippen molar-refractivity contribution in [2.45, 2.75) is 19.4 Å². The number of ether oxygens (including phenoxy) is 1. The first kappa shape index (κ1) is 16.3. The minimum absolute atomic E-state index is 0.318. The van der Waals surface area contributed by atoms with Gasteiger partial charge < -0.3 is 10.1 Å². The minimum atomic E-state index is 0.318. The lowest BCUT2D eigenvalue weighted by atomic mass is 9.87. The van der Waals surface area contributed by atoms with E-state index in [0.717, 1.165) is 18.8 Å². The first-order valence-corrected chi connectivity index (χ1v) is 7.75. The summed E-state index contributed by atoms with van der Waals surface area (Å²) < 4.78 is 5.32. The summed E-state index contributed by atoms with van der Waals surface area (Å²) in [6, 6.07) is 18.7. The topological polar surface area (TPSA) is 21.3 Å². The Bertz CT molecular complexity index is 579. The zero-order valence-corrected chi connectivity index (χ0v) is 13.5. The van der Waals surface area contributed by atoms with E-state index in [1.807, 2.05) is 24.3 Å². The highest BCUT2D eigenvalue weighted by Crippen LogP contribution is 2.28. The third kappa shape index (κ3) is 4.47. The number of methoxy groups -OCH3 is 1. The smallest absolute Gasteiger partial charge is 0.119 e. The number of allylic oxidation sites excluding steroid dienone is 1. The molecule has 0 bridgehead atoms. The van der Waals surface area contributed by atoms with Crippen molar-refractivity contribution >= 4 is 0 Å². The van der Waals surface area contributed by atoms with Crippen LogP contribution < -0.4 is 10.1 Å². The van der Waals surface area contributed by atoms with E-state index in [2.05, 4.69) is 55.2 Å². The summed E-state index contributed by atoms with van der Waals surface area (Å²) in [6.07, 6.45) is 2.03. The Morgan fingerprint density at radius 1 is 1.14 bits per heavy atom. The van der Waals surface area contributed by atoms with Gasteiger partial charge in [0.15, 0.2) is 0 Å². The predicted molar refractivity (Wildman–Crippen MR) is 93.2 cm³/mol. The van der Waals surface area contributed by atoms with Gasteiger partial charge in [0.25, 0.3) is 0 Å². The summed E-state index contributed by atoms with van der Waals surface area (Å²) in [7, 11) is 1.70. The predicted octanol–water partition coefficient (Wildman–Crippen LogP) is 4.39. The average molecular weight is 295 g/mol. The van der Waals surface area contributed by atoms with E-state index < -0.39 is 0 Å². The van der Waals surface area contributed by atoms with Crippen molar-refractivity contribution in [1.82, 2.24) is 5.32 Å². The van der Waals surface area contributed by atoms with Crippen LogP contribution in [0.15, 0.2) is 67.3 Å². The molecule has 0 heterocycles. The second kappa shape index (κ2) is 8.40. The maximum Gasteiger partial charge on any atom is 0.119 e. The molecule has 0 saturated carbocycles. The van der Waals surface area contributed by atoms with Crippen LogP contribution in [0, 0.1) is 5.92 Å². The molecular weight excluding hydrogens is 270 g/mol. The van der Waals surface area contributed by atoms with Crippen LogP contribution in [-0.2, 0) is 6.54 Å². The molecule has 0 aliphatic heterocycles. The molecule has 2 aromatic rings. The van der Waals surface area contributed by atoms with Crippen LogP contribution in [-0.4, -0.2) is 13.7 Å². The Balaban J connectivity index is 1.93. The fourth-order valence-corrected chi connectivity index (χ4v) is 2.71. The van der Waals surface area contributed by atoms with Crippen molar-refractivity contribution in [3.05, 3.63) is 78.4 Å². The second-order valence-electron chi connectivity index (χ2n) is 5.63. The van der Waals surface area contributed by atoms with Crippen molar-refractivity contribution in [3.63, 3.8) is 0 Å². The molecule has 0 fully saturated rings. The van der Waals surface area contributed by atoms with Crippen LogP contribution in [0.25, 0.3) is 0 Å². The highest BCUT2D eigenvalue weighted by molar-refractivity contribution is 5.33. The van der Waals surface area contributed by atoms with E-state index in [-0.39, 0.29) is 0 Å². The van der Waals surface area contributed by atoms with E-state index in [1.54, 1.807) is 7.11 Å². The van der Waals surface area contributed by atoms with Gasteiger partial charge in [-0.05, 0) is 35.7 Å². The molecule has 2 rings (SSSR count). The van der Waals surface area contributed by atoms with Crippen molar-refractivity contribution < 1.29 is 4.74 Å². The molecule has 1 N–H and O–H groups in total. The lowest BCUT2D eigenvalue weighted by Crippen LogP contribution is -2.24. The Hall–Kier alpha value is -2.06. The van der Waals surface area contributed by atoms with E-state index >= 15 is 0 Å². The molecule has 2 nitrogen and oxygen atoms in total. The largest absolute Gasteiger partial charge is 0.497 e. The molecule has 0 radical (unpaired) electrons. The van der Waals surface area contributed by atoms with E-state index in [4.69, 9.17) is 4.74 Å². The first-order valence-electron chi connectivity index (χ1n) is 7.75. The fraction of sp³-hybridized carbons (Fsp3) is 0.300. The van der Waals surface area contributed by atoms with E-state index in [1.165, 1.54) is 11.1 Å². The number of benzene rings is 2. The lowest BCUT2D eigenvalue weighted by molar-refractivity contribution is 0.412. The molecule has 2 heteroatoms. The van der Waals surface area contributed by atoms with Gasteiger partial charge >= 0.3 is 0 Å². The number of hydrogen-bond donors (Lipinski definition) is 1. The van der Waals surface area contributed by atoms with Gasteiger partial charge in [0, 0.05) is 12.5 Å². The van der Waals surface area contributed by atoms with Crippen molar-refractivity contribution in [2.24, 2.45) is 5.92 Å². The summed E-state index contributed by atoms with van der Waals surface area (Å²) in [4.78, 5) is 0. The van der Waals surface area contributed by atoms with Gasteiger partial charge in [-0.3, -0.25) is 0 Å². The van der Waals surface area contributed by atoms with Crippen LogP contribution in [0.1, 0.15) is 24.0 Å². The Labute approximate surface area is 133 Å². The molecule has 0 aliphatic carbocycles. The van der Waals surface area contributed by atoms with Crippen LogP contribution in [0.5, 0.6) is 5.75 Å². The molecule has 0 saturated heterocycles. The van der Waals surface area contributed by atoms with Gasteiger partial charge in [-0.15, -0.1) is 6.58 Å². The summed E-state index contributed by atoms with van der Waals surface area (Å²) in [6.45, 7) is 8.11. The van der Waals surface area contributed by atoms with Crippen molar-refractivity contribution in [2.75, 3.05) is 13.7 Å². The SMILES string of the molecule is C=C[C@@H](c1cccc(OC)c1)[C@@H](C)CNCc1ccccc1. The quantitative estimate of drug-likeness (QED) is 0.729. The summed E-state index contributed by atoms with van der Waals surface area (Å²) >= 11 is 0. The van der Waals surface area contributed by atoms with E-state index in [0.29, 0.717) is 11.8 Å². The van der Waals surface area contributed by atoms with Gasteiger partial charge in [0.1, 0.15) is 5.75 Å². The monoisotopic (exact) mass is 295 g/mol. The van der Waals surface area contributed by atoms with Crippen molar-refractivity contribution in [1.29, 1.82) is 0 Å². The highest BCUT2D eigenvalue weighted by Gasteiger charge is 2.16. The Morgan fingerprint density at radius 3 is 2.59 bits per heavy atom. The van der Waals surface area contributed by atoms with Crippen LogP contribution in [0.3, 0.4) is 0 Å². The molecule has 0 unspecified atom stereocenters. The third-order valence-corrected chi connectivity index (χ3v) is 3.98. The standard InChI is InChI=1S/C20H25NO/c1-4-20(18-11-8-12-19(13-18)22-3)16(2)14-21-15-17-9-6-5-7-10-17/h4-13,16,20-21H,1,14-15H2,2-3H3/t16-,20+/m0/s1. The molecule has 2 aromatic carbocycles. The zero-order valence-electron chi connectivity index (χ0n) is 13.5. The van der Waals surface area contributed by atoms with Crippen LogP contribution in [0.2, 0.25) is 0 Å². The lowest BCUT2D eigenvalue weighted by Gasteiger charge is -2.22. The van der Waals surface area contributed by atoms with Crippen LogP contribution >= 0.6 is 0 Å². The first-order chi connectivity index (χ1) is 10.7. The van der Waals surface area contributed by atoms with E-state index in [9.17, 15) is 0 Å². The molecule has 0 amide bonds. The average Bonchev–Trinajstić information content (AvgIpc) is 2.57. The Kier molecular flexibility index (Phi) is 6.23. The van der Waals surface area contributed by atoms with Gasteiger partial charge in [-0.2, -0.15) is 0 Å². The molecular formula is C20H25NO. The van der Waals surface area contributed by atoms with Crippen molar-refractivity contribution in [3.8, 4) is 5.75 Å². The van der Waals surface area contributed by atoms with Gasteiger partial charge in [0.2, 0.25) is 0 Å². The third-order valence-electron chi connectivity index (χ3n) is 3.98. The Morgan fingerprint density at radius 2 is 1.91 bits per heavy atom. The molecule has 2 atom stereocenters. The van der Waals surface area contributed by atoms with Gasteiger partial charge in [-0.1, -0.05) is 55.5 Å². The fourth-order valence-electron chi connectivity index (χ4n) is 2.71. The van der Waals surface area contributed by atoms with Gasteiger partial charge in [-0.25, -0.2) is 0 Å². The highest BCUT2D eigenvalue weighted by atomic mass is 16.5. The molecule has 0 spiro atoms. The number of rotatable bonds is 8. The summed E-state index contributed by atoms with van der Waals surface area (Å²) in [5.41, 5.74) is 2.56. The maximum absolute atomic E-state index is 5.32. The summed E-state index contributed by atoms with van der Waals surface area (Å²) in [5, 5.41) is 3.54. The maximum atomic E-state index is 5.32. The number of nitrogens with one attached hydrogen (secondary N) is 1.